The van der Waals surface area contributed by atoms with Gasteiger partial charge in [0.15, 0.2) is 0 Å². The van der Waals surface area contributed by atoms with Gasteiger partial charge in [-0.2, -0.15) is 0 Å². The van der Waals surface area contributed by atoms with Crippen LogP contribution in [0.5, 0.6) is 5.88 Å². The second-order valence-electron chi connectivity index (χ2n) is 7.39. The van der Waals surface area contributed by atoms with E-state index in [-0.39, 0.29) is 0 Å². The van der Waals surface area contributed by atoms with E-state index in [0.29, 0.717) is 24.7 Å². The van der Waals surface area contributed by atoms with Crippen LogP contribution in [0.15, 0.2) is 48.5 Å². The minimum atomic E-state index is -0.611. The third-order valence-electron chi connectivity index (χ3n) is 5.22. The average molecular weight is 397 g/mol. The number of nitrogens with zero attached hydrogens (tertiary/aromatic N) is 2. The quantitative estimate of drug-likeness (QED) is 0.610. The molecule has 4 nitrogen and oxygen atoms in total. The van der Waals surface area contributed by atoms with Crippen LogP contribution in [0.1, 0.15) is 25.0 Å². The summed E-state index contributed by atoms with van der Waals surface area (Å²) in [7, 11) is 0. The molecule has 4 rings (SSSR count). The topological polar surface area (TPSA) is 37.4 Å². The van der Waals surface area contributed by atoms with Gasteiger partial charge in [-0.3, -0.25) is 4.90 Å². The molecule has 29 heavy (non-hydrogen) atoms. The van der Waals surface area contributed by atoms with Crippen LogP contribution in [0.25, 0.3) is 10.8 Å². The molecule has 2 aromatic carbocycles. The molecule has 0 saturated carbocycles. The molecule has 0 unspecified atom stereocenters. The minimum Gasteiger partial charge on any atom is -0.476 e. The lowest BCUT2D eigenvalue weighted by Gasteiger charge is -2.26. The maximum absolute atomic E-state index is 13.4. The summed E-state index contributed by atoms with van der Waals surface area (Å²) >= 11 is 0. The number of benzene rings is 2. The van der Waals surface area contributed by atoms with Gasteiger partial charge in [-0.25, -0.2) is 13.8 Å². The highest BCUT2D eigenvalue weighted by atomic mass is 19.1. The summed E-state index contributed by atoms with van der Waals surface area (Å²) in [6.45, 7) is 4.09. The number of piperidine rings is 1. The van der Waals surface area contributed by atoms with Crippen molar-refractivity contribution in [1.82, 2.24) is 9.88 Å². The molecule has 0 amide bonds. The van der Waals surface area contributed by atoms with E-state index >= 15 is 0 Å². The van der Waals surface area contributed by atoms with Crippen molar-refractivity contribution in [2.24, 2.45) is 0 Å². The summed E-state index contributed by atoms with van der Waals surface area (Å²) < 4.78 is 32.8. The molecule has 6 heteroatoms. The fourth-order valence-electron chi connectivity index (χ4n) is 3.76. The molecule has 1 aromatic heterocycles. The van der Waals surface area contributed by atoms with Gasteiger partial charge < -0.3 is 10.1 Å². The Kier molecular flexibility index (Phi) is 6.20. The first-order valence-corrected chi connectivity index (χ1v) is 10.1. The number of nitrogens with one attached hydrogen (secondary N) is 1. The lowest BCUT2D eigenvalue weighted by atomic mass is 10.1. The predicted octanol–water partition coefficient (Wildman–Crippen LogP) is 4.99. The van der Waals surface area contributed by atoms with E-state index in [1.54, 1.807) is 0 Å². The molecule has 0 atom stereocenters. The molecule has 1 aliphatic rings. The number of likely N-dealkylation sites (tertiary alicyclic amines) is 1. The van der Waals surface area contributed by atoms with E-state index in [1.165, 1.54) is 31.4 Å². The van der Waals surface area contributed by atoms with Gasteiger partial charge in [0, 0.05) is 29.8 Å². The second kappa shape index (κ2) is 9.18. The molecule has 0 bridgehead atoms. The summed E-state index contributed by atoms with van der Waals surface area (Å²) in [5, 5.41) is 5.08. The van der Waals surface area contributed by atoms with E-state index in [2.05, 4.69) is 15.2 Å². The lowest BCUT2D eigenvalue weighted by Crippen LogP contribution is -2.33. The first-order valence-electron chi connectivity index (χ1n) is 10.1. The van der Waals surface area contributed by atoms with E-state index in [0.717, 1.165) is 42.2 Å². The van der Waals surface area contributed by atoms with Crippen LogP contribution in [0, 0.1) is 11.6 Å². The van der Waals surface area contributed by atoms with Gasteiger partial charge in [-0.05, 0) is 43.5 Å². The van der Waals surface area contributed by atoms with Crippen LogP contribution in [0.4, 0.5) is 14.5 Å². The van der Waals surface area contributed by atoms with Gasteiger partial charge >= 0.3 is 0 Å². The summed E-state index contributed by atoms with van der Waals surface area (Å²) in [5.41, 5.74) is 1.16. The van der Waals surface area contributed by atoms with Crippen molar-refractivity contribution in [2.45, 2.75) is 25.8 Å². The van der Waals surface area contributed by atoms with Crippen LogP contribution < -0.4 is 10.1 Å². The van der Waals surface area contributed by atoms with Crippen LogP contribution in [-0.2, 0) is 6.54 Å². The zero-order chi connectivity index (χ0) is 20.1. The molecule has 1 N–H and O–H groups in total. The Morgan fingerprint density at radius 3 is 2.52 bits per heavy atom. The molecule has 1 aliphatic heterocycles. The van der Waals surface area contributed by atoms with E-state index in [1.807, 2.05) is 30.3 Å². The van der Waals surface area contributed by atoms with Gasteiger partial charge in [0.25, 0.3) is 0 Å². The van der Waals surface area contributed by atoms with E-state index < -0.39 is 11.6 Å². The normalized spacial score (nSPS) is 14.8. The summed E-state index contributed by atoms with van der Waals surface area (Å²) in [6.07, 6.45) is 3.82. The number of aromatic nitrogens is 1. The summed E-state index contributed by atoms with van der Waals surface area (Å²) in [6, 6.07) is 13.3. The lowest BCUT2D eigenvalue weighted by molar-refractivity contribution is 0.180. The Hall–Kier alpha value is -2.73. The van der Waals surface area contributed by atoms with Gasteiger partial charge in [0.05, 0.1) is 12.2 Å². The fraction of sp³-hybridized carbons (Fsp3) is 0.348. The zero-order valence-corrected chi connectivity index (χ0v) is 16.3. The zero-order valence-electron chi connectivity index (χ0n) is 16.3. The minimum absolute atomic E-state index is 0.340. The number of hydrogen-bond donors (Lipinski definition) is 1. The molecular formula is C23H25F2N3O. The number of ether oxygens (including phenoxy) is 1. The monoisotopic (exact) mass is 397 g/mol. The van der Waals surface area contributed by atoms with Crippen molar-refractivity contribution in [3.63, 3.8) is 0 Å². The Bertz CT molecular complexity index is 953. The van der Waals surface area contributed by atoms with Crippen LogP contribution >= 0.6 is 0 Å². The third kappa shape index (κ3) is 5.21. The maximum atomic E-state index is 13.4. The van der Waals surface area contributed by atoms with Crippen LogP contribution in [0.3, 0.4) is 0 Å². The van der Waals surface area contributed by atoms with Crippen molar-refractivity contribution >= 4 is 16.5 Å². The molecular weight excluding hydrogens is 372 g/mol. The van der Waals surface area contributed by atoms with Gasteiger partial charge in [0.2, 0.25) is 5.88 Å². The number of rotatable bonds is 7. The highest BCUT2D eigenvalue weighted by molar-refractivity contribution is 5.85. The molecule has 0 radical (unpaired) electrons. The molecule has 2 heterocycles. The van der Waals surface area contributed by atoms with E-state index in [4.69, 9.17) is 4.74 Å². The molecule has 0 spiro atoms. The summed E-state index contributed by atoms with van der Waals surface area (Å²) in [4.78, 5) is 7.07. The highest BCUT2D eigenvalue weighted by Gasteiger charge is 2.11. The van der Waals surface area contributed by atoms with Crippen LogP contribution in [-0.4, -0.2) is 36.1 Å². The van der Waals surface area contributed by atoms with Crippen LogP contribution in [0.2, 0.25) is 0 Å². The van der Waals surface area contributed by atoms with Crippen molar-refractivity contribution in [3.05, 3.63) is 65.9 Å². The number of halogens is 2. The predicted molar refractivity (Wildman–Crippen MR) is 111 cm³/mol. The fourth-order valence-corrected chi connectivity index (χ4v) is 3.76. The molecule has 0 aliphatic carbocycles. The van der Waals surface area contributed by atoms with Gasteiger partial charge in [-0.15, -0.1) is 0 Å². The number of pyridine rings is 1. The first-order chi connectivity index (χ1) is 14.2. The first kappa shape index (κ1) is 19.6. The largest absolute Gasteiger partial charge is 0.476 e. The number of hydrogen-bond acceptors (Lipinski definition) is 4. The molecule has 152 valence electrons. The Labute approximate surface area is 169 Å². The highest BCUT2D eigenvalue weighted by Crippen LogP contribution is 2.23. The van der Waals surface area contributed by atoms with Gasteiger partial charge in [0.1, 0.15) is 18.2 Å². The molecule has 1 saturated heterocycles. The second-order valence-corrected chi connectivity index (χ2v) is 7.39. The Balaban J connectivity index is 1.47. The standard InChI is InChI=1S/C23H25F2N3O/c24-18-13-19(25)15-20(14-18)26-16-22-21-7-3-2-6-17(21)12-23(27-22)29-11-10-28-8-4-1-5-9-28/h2-3,6-7,12-15,26H,1,4-5,8-11,16H2. The third-order valence-corrected chi connectivity index (χ3v) is 5.22. The average Bonchev–Trinajstić information content (AvgIpc) is 2.72. The van der Waals surface area contributed by atoms with Crippen molar-refractivity contribution < 1.29 is 13.5 Å². The van der Waals surface area contributed by atoms with Crippen molar-refractivity contribution in [1.29, 1.82) is 0 Å². The Morgan fingerprint density at radius 1 is 0.966 bits per heavy atom. The maximum Gasteiger partial charge on any atom is 0.214 e. The smallest absolute Gasteiger partial charge is 0.214 e. The molecule has 1 fully saturated rings. The Morgan fingerprint density at radius 2 is 1.72 bits per heavy atom. The number of anilines is 1. The van der Waals surface area contributed by atoms with E-state index in [9.17, 15) is 8.78 Å². The number of fused-ring (bicyclic) bond motifs is 1. The summed E-state index contributed by atoms with van der Waals surface area (Å²) in [5.74, 6) is -0.650. The molecule has 3 aromatic rings. The SMILES string of the molecule is Fc1cc(F)cc(NCc2nc(OCCN3CCCCC3)cc3ccccc23)c1. The van der Waals surface area contributed by atoms with Gasteiger partial charge in [-0.1, -0.05) is 30.7 Å². The van der Waals surface area contributed by atoms with Crippen molar-refractivity contribution in [2.75, 3.05) is 31.6 Å². The van der Waals surface area contributed by atoms with Crippen molar-refractivity contribution in [3.8, 4) is 5.88 Å².